The van der Waals surface area contributed by atoms with Gasteiger partial charge in [-0.05, 0) is 62.0 Å². The third kappa shape index (κ3) is 2.42. The van der Waals surface area contributed by atoms with Gasteiger partial charge in [0.1, 0.15) is 5.60 Å². The Morgan fingerprint density at radius 2 is 2.00 bits per heavy atom. The van der Waals surface area contributed by atoms with Crippen molar-refractivity contribution in [1.82, 2.24) is 0 Å². The van der Waals surface area contributed by atoms with Crippen LogP contribution in [0, 0.1) is 0 Å². The highest BCUT2D eigenvalue weighted by atomic mass is 16.5. The van der Waals surface area contributed by atoms with Crippen LogP contribution in [-0.2, 0) is 16.0 Å². The van der Waals surface area contributed by atoms with Gasteiger partial charge in [0.05, 0.1) is 0 Å². The lowest BCUT2D eigenvalue weighted by molar-refractivity contribution is -0.140. The monoisotopic (exact) mass is 272 g/mol. The minimum Gasteiger partial charge on any atom is -0.370 e. The van der Waals surface area contributed by atoms with Crippen LogP contribution in [0.1, 0.15) is 62.0 Å². The Balaban J connectivity index is 1.77. The van der Waals surface area contributed by atoms with Gasteiger partial charge in [-0.2, -0.15) is 0 Å². The molecule has 1 fully saturated rings. The zero-order chi connectivity index (χ0) is 14.0. The number of hydrogen-bond donors (Lipinski definition) is 0. The van der Waals surface area contributed by atoms with E-state index >= 15 is 0 Å². The van der Waals surface area contributed by atoms with E-state index in [1.807, 2.05) is 0 Å². The molecule has 0 saturated heterocycles. The fourth-order valence-corrected chi connectivity index (χ4v) is 4.02. The van der Waals surface area contributed by atoms with E-state index in [0.717, 1.165) is 38.5 Å². The van der Waals surface area contributed by atoms with Crippen molar-refractivity contribution < 1.29 is 9.53 Å². The predicted molar refractivity (Wildman–Crippen MR) is 80.0 cm³/mol. The maximum Gasteiger partial charge on any atom is 0.165 e. The highest BCUT2D eigenvalue weighted by molar-refractivity contribution is 5.88. The number of ether oxygens (including phenoxy) is 1. The van der Waals surface area contributed by atoms with E-state index in [9.17, 15) is 4.79 Å². The van der Waals surface area contributed by atoms with E-state index in [1.165, 1.54) is 17.5 Å². The summed E-state index contributed by atoms with van der Waals surface area (Å²) in [6, 6.07) is 8.63. The lowest BCUT2D eigenvalue weighted by Crippen LogP contribution is -2.38. The number of ketones is 1. The van der Waals surface area contributed by atoms with Crippen LogP contribution >= 0.6 is 0 Å². The molecule has 1 aromatic carbocycles. The smallest absolute Gasteiger partial charge is 0.165 e. The molecule has 2 nitrogen and oxygen atoms in total. The molecule has 0 aromatic heterocycles. The van der Waals surface area contributed by atoms with Crippen LogP contribution in [0.5, 0.6) is 0 Å². The van der Waals surface area contributed by atoms with E-state index in [1.54, 1.807) is 7.11 Å². The largest absolute Gasteiger partial charge is 0.370 e. The summed E-state index contributed by atoms with van der Waals surface area (Å²) in [5.74, 6) is 0.735. The molecule has 2 aliphatic rings. The second-order valence-corrected chi connectivity index (χ2v) is 6.32. The predicted octanol–water partition coefficient (Wildman–Crippen LogP) is 4.02. The topological polar surface area (TPSA) is 26.3 Å². The molecule has 0 aliphatic heterocycles. The summed E-state index contributed by atoms with van der Waals surface area (Å²) in [6.45, 7) is 0. The van der Waals surface area contributed by atoms with E-state index in [-0.39, 0.29) is 0 Å². The number of aryl methyl sites for hydroxylation is 1. The number of rotatable bonds is 4. The van der Waals surface area contributed by atoms with Crippen LogP contribution in [0.4, 0.5) is 0 Å². The van der Waals surface area contributed by atoms with Crippen molar-refractivity contribution in [3.05, 3.63) is 35.4 Å². The molecule has 1 saturated carbocycles. The second-order valence-electron chi connectivity index (χ2n) is 6.32. The molecular formula is C18H24O2. The summed E-state index contributed by atoms with van der Waals surface area (Å²) in [7, 11) is 1.71. The van der Waals surface area contributed by atoms with Gasteiger partial charge in [-0.1, -0.05) is 24.3 Å². The van der Waals surface area contributed by atoms with Crippen molar-refractivity contribution >= 4 is 5.78 Å². The zero-order valence-corrected chi connectivity index (χ0v) is 12.4. The Morgan fingerprint density at radius 1 is 1.25 bits per heavy atom. The van der Waals surface area contributed by atoms with Gasteiger partial charge in [-0.25, -0.2) is 0 Å². The van der Waals surface area contributed by atoms with Gasteiger partial charge in [0.15, 0.2) is 5.78 Å². The van der Waals surface area contributed by atoms with Crippen LogP contribution in [-0.4, -0.2) is 18.5 Å². The number of carbonyl (C=O) groups excluding carboxylic acids is 1. The molecule has 0 heterocycles. The maximum absolute atomic E-state index is 12.8. The van der Waals surface area contributed by atoms with Gasteiger partial charge in [-0.3, -0.25) is 4.79 Å². The lowest BCUT2D eigenvalue weighted by atomic mass is 9.78. The van der Waals surface area contributed by atoms with Crippen molar-refractivity contribution in [2.45, 2.75) is 62.9 Å². The molecule has 0 N–H and O–H groups in total. The number of Topliss-reactive ketones (excluding diaryl/α,β-unsaturated/α-hetero) is 1. The normalized spacial score (nSPS) is 24.4. The lowest BCUT2D eigenvalue weighted by Gasteiger charge is -2.30. The van der Waals surface area contributed by atoms with Gasteiger partial charge >= 0.3 is 0 Å². The first-order valence-corrected chi connectivity index (χ1v) is 7.91. The van der Waals surface area contributed by atoms with Crippen LogP contribution < -0.4 is 0 Å². The van der Waals surface area contributed by atoms with Crippen LogP contribution in [0.15, 0.2) is 24.3 Å². The minimum atomic E-state index is -0.466. The van der Waals surface area contributed by atoms with Gasteiger partial charge in [-0.15, -0.1) is 0 Å². The van der Waals surface area contributed by atoms with Crippen molar-refractivity contribution in [3.63, 3.8) is 0 Å². The highest BCUT2D eigenvalue weighted by Gasteiger charge is 2.41. The number of fused-ring (bicyclic) bond motifs is 1. The van der Waals surface area contributed by atoms with E-state index < -0.39 is 5.60 Å². The summed E-state index contributed by atoms with van der Waals surface area (Å²) < 4.78 is 5.64. The van der Waals surface area contributed by atoms with Crippen molar-refractivity contribution in [1.29, 1.82) is 0 Å². The van der Waals surface area contributed by atoms with Crippen LogP contribution in [0.25, 0.3) is 0 Å². The molecule has 0 amide bonds. The van der Waals surface area contributed by atoms with Crippen molar-refractivity contribution in [2.75, 3.05) is 7.11 Å². The quantitative estimate of drug-likeness (QED) is 0.827. The Bertz CT molecular complexity index is 486. The molecule has 1 unspecified atom stereocenters. The summed E-state index contributed by atoms with van der Waals surface area (Å²) in [4.78, 5) is 12.8. The average molecular weight is 272 g/mol. The Morgan fingerprint density at radius 3 is 2.75 bits per heavy atom. The molecule has 0 radical (unpaired) electrons. The van der Waals surface area contributed by atoms with E-state index in [0.29, 0.717) is 18.1 Å². The zero-order valence-electron chi connectivity index (χ0n) is 12.4. The number of benzene rings is 1. The number of methoxy groups -OCH3 is 1. The van der Waals surface area contributed by atoms with E-state index in [4.69, 9.17) is 4.74 Å². The first-order valence-electron chi connectivity index (χ1n) is 7.91. The van der Waals surface area contributed by atoms with Gasteiger partial charge in [0.25, 0.3) is 0 Å². The Kier molecular flexibility index (Phi) is 3.93. The Labute approximate surface area is 121 Å². The van der Waals surface area contributed by atoms with Crippen LogP contribution in [0.2, 0.25) is 0 Å². The van der Waals surface area contributed by atoms with Crippen molar-refractivity contribution in [3.8, 4) is 0 Å². The molecule has 1 atom stereocenters. The SMILES string of the molecule is COC1(C(=O)CC2CCCc3ccccc32)CCCC1. The molecule has 2 heteroatoms. The first-order chi connectivity index (χ1) is 9.75. The van der Waals surface area contributed by atoms with Crippen molar-refractivity contribution in [2.24, 2.45) is 0 Å². The summed E-state index contributed by atoms with van der Waals surface area (Å²) in [6.07, 6.45) is 8.24. The number of carbonyl (C=O) groups is 1. The van der Waals surface area contributed by atoms with Gasteiger partial charge < -0.3 is 4.74 Å². The third-order valence-corrected chi connectivity index (χ3v) is 5.24. The van der Waals surface area contributed by atoms with Crippen LogP contribution in [0.3, 0.4) is 0 Å². The molecule has 20 heavy (non-hydrogen) atoms. The molecule has 0 bridgehead atoms. The summed E-state index contributed by atoms with van der Waals surface area (Å²) in [5.41, 5.74) is 2.37. The molecule has 2 aliphatic carbocycles. The third-order valence-electron chi connectivity index (χ3n) is 5.24. The van der Waals surface area contributed by atoms with Gasteiger partial charge in [0.2, 0.25) is 0 Å². The van der Waals surface area contributed by atoms with E-state index in [2.05, 4.69) is 24.3 Å². The number of hydrogen-bond acceptors (Lipinski definition) is 2. The molecular weight excluding hydrogens is 248 g/mol. The Hall–Kier alpha value is -1.15. The first kappa shape index (κ1) is 13.8. The molecule has 0 spiro atoms. The molecule has 108 valence electrons. The second kappa shape index (κ2) is 5.69. The highest BCUT2D eigenvalue weighted by Crippen LogP contribution is 2.39. The standard InChI is InChI=1S/C18H24O2/c1-20-18(11-4-5-12-18)17(19)13-15-9-6-8-14-7-2-3-10-16(14)15/h2-3,7,10,15H,4-6,8-9,11-13H2,1H3. The summed E-state index contributed by atoms with van der Waals surface area (Å²) in [5, 5.41) is 0. The average Bonchev–Trinajstić information content (AvgIpc) is 2.98. The molecule has 3 rings (SSSR count). The fraction of sp³-hybridized carbons (Fsp3) is 0.611. The summed E-state index contributed by atoms with van der Waals surface area (Å²) >= 11 is 0. The fourth-order valence-electron chi connectivity index (χ4n) is 4.02. The van der Waals surface area contributed by atoms with Gasteiger partial charge in [0, 0.05) is 13.5 Å². The molecule has 1 aromatic rings. The maximum atomic E-state index is 12.8. The minimum absolute atomic E-state index is 0.333.